The van der Waals surface area contributed by atoms with Crippen molar-refractivity contribution < 1.29 is 14.3 Å². The van der Waals surface area contributed by atoms with Crippen LogP contribution in [-0.4, -0.2) is 25.0 Å². The number of amides is 1. The molecule has 0 bridgehead atoms. The largest absolute Gasteiger partial charge is 0.496 e. The fourth-order valence-corrected chi connectivity index (χ4v) is 4.28. The summed E-state index contributed by atoms with van der Waals surface area (Å²) in [6.07, 6.45) is 0. The standard InChI is InChI=1S/C31H31NO3/c1-22-14-16-24(17-15-22)20-32(21-28-29(34-3)18-23(2)19-30(28)35-4)31(33)27-13-9-8-12-26(27)25-10-6-5-7-11-25/h5-19H,20-21H2,1-4H3. The van der Waals surface area contributed by atoms with Crippen molar-refractivity contribution in [2.45, 2.75) is 26.9 Å². The number of nitrogens with zero attached hydrogens (tertiary/aromatic N) is 1. The van der Waals surface area contributed by atoms with Gasteiger partial charge in [-0.05, 0) is 54.3 Å². The summed E-state index contributed by atoms with van der Waals surface area (Å²) in [6.45, 7) is 4.87. The van der Waals surface area contributed by atoms with E-state index in [1.54, 1.807) is 14.2 Å². The predicted octanol–water partition coefficient (Wildman–Crippen LogP) is 6.83. The van der Waals surface area contributed by atoms with Gasteiger partial charge in [-0.2, -0.15) is 0 Å². The molecule has 4 aromatic rings. The molecule has 0 aromatic heterocycles. The third-order valence-electron chi connectivity index (χ3n) is 6.12. The minimum Gasteiger partial charge on any atom is -0.496 e. The van der Waals surface area contributed by atoms with Crippen LogP contribution in [-0.2, 0) is 13.1 Å². The van der Waals surface area contributed by atoms with Crippen LogP contribution in [0.1, 0.15) is 32.6 Å². The summed E-state index contributed by atoms with van der Waals surface area (Å²) >= 11 is 0. The molecule has 0 N–H and O–H groups in total. The van der Waals surface area contributed by atoms with Crippen LogP contribution in [0.5, 0.6) is 11.5 Å². The Kier molecular flexibility index (Phi) is 7.51. The number of aryl methyl sites for hydroxylation is 2. The van der Waals surface area contributed by atoms with E-state index in [1.807, 2.05) is 78.6 Å². The lowest BCUT2D eigenvalue weighted by molar-refractivity contribution is 0.0728. The number of benzene rings is 4. The van der Waals surface area contributed by atoms with E-state index < -0.39 is 0 Å². The Bertz CT molecular complexity index is 1270. The maximum atomic E-state index is 14.1. The van der Waals surface area contributed by atoms with Crippen LogP contribution >= 0.6 is 0 Å². The van der Waals surface area contributed by atoms with Crippen molar-refractivity contribution in [3.8, 4) is 22.6 Å². The Hall–Kier alpha value is -4.05. The van der Waals surface area contributed by atoms with Gasteiger partial charge in [0.1, 0.15) is 11.5 Å². The van der Waals surface area contributed by atoms with E-state index in [0.29, 0.717) is 30.2 Å². The number of hydrogen-bond acceptors (Lipinski definition) is 3. The summed E-state index contributed by atoms with van der Waals surface area (Å²) in [5.41, 5.74) is 6.71. The Balaban J connectivity index is 1.78. The number of methoxy groups -OCH3 is 2. The van der Waals surface area contributed by atoms with Crippen LogP contribution in [0, 0.1) is 13.8 Å². The quantitative estimate of drug-likeness (QED) is 0.286. The smallest absolute Gasteiger partial charge is 0.255 e. The van der Waals surface area contributed by atoms with E-state index in [-0.39, 0.29) is 5.91 Å². The van der Waals surface area contributed by atoms with E-state index in [2.05, 4.69) is 31.2 Å². The lowest BCUT2D eigenvalue weighted by Crippen LogP contribution is -2.31. The Labute approximate surface area is 207 Å². The predicted molar refractivity (Wildman–Crippen MR) is 141 cm³/mol. The topological polar surface area (TPSA) is 38.8 Å². The molecule has 0 unspecified atom stereocenters. The van der Waals surface area contributed by atoms with Gasteiger partial charge in [0, 0.05) is 12.1 Å². The molecule has 35 heavy (non-hydrogen) atoms. The second kappa shape index (κ2) is 10.9. The zero-order valence-electron chi connectivity index (χ0n) is 20.7. The molecule has 4 heteroatoms. The summed E-state index contributed by atoms with van der Waals surface area (Å²) < 4.78 is 11.4. The molecule has 0 radical (unpaired) electrons. The van der Waals surface area contributed by atoms with Gasteiger partial charge in [0.05, 0.1) is 26.3 Å². The molecule has 4 rings (SSSR count). The molecule has 0 aliphatic heterocycles. The lowest BCUT2D eigenvalue weighted by Gasteiger charge is -2.26. The van der Waals surface area contributed by atoms with Crippen molar-refractivity contribution in [2.24, 2.45) is 0 Å². The highest BCUT2D eigenvalue weighted by molar-refractivity contribution is 6.01. The maximum absolute atomic E-state index is 14.1. The van der Waals surface area contributed by atoms with Gasteiger partial charge in [-0.25, -0.2) is 0 Å². The first-order chi connectivity index (χ1) is 17.0. The van der Waals surface area contributed by atoms with Crippen LogP contribution in [0.25, 0.3) is 11.1 Å². The van der Waals surface area contributed by atoms with Crippen molar-refractivity contribution in [3.63, 3.8) is 0 Å². The van der Waals surface area contributed by atoms with Gasteiger partial charge in [-0.15, -0.1) is 0 Å². The fraction of sp³-hybridized carbons (Fsp3) is 0.194. The molecule has 178 valence electrons. The van der Waals surface area contributed by atoms with Crippen molar-refractivity contribution in [1.82, 2.24) is 4.90 Å². The molecule has 4 aromatic carbocycles. The fourth-order valence-electron chi connectivity index (χ4n) is 4.28. The molecule has 0 saturated heterocycles. The first kappa shape index (κ1) is 24.1. The number of carbonyl (C=O) groups excluding carboxylic acids is 1. The molecule has 0 spiro atoms. The van der Waals surface area contributed by atoms with E-state index in [9.17, 15) is 4.79 Å². The minimum atomic E-state index is -0.0466. The van der Waals surface area contributed by atoms with Gasteiger partial charge in [-0.1, -0.05) is 78.4 Å². The SMILES string of the molecule is COc1cc(C)cc(OC)c1CN(Cc1ccc(C)cc1)C(=O)c1ccccc1-c1ccccc1. The summed E-state index contributed by atoms with van der Waals surface area (Å²) in [6, 6.07) is 30.0. The molecule has 0 aliphatic carbocycles. The summed E-state index contributed by atoms with van der Waals surface area (Å²) in [7, 11) is 3.29. The normalized spacial score (nSPS) is 10.6. The highest BCUT2D eigenvalue weighted by Gasteiger charge is 2.23. The van der Waals surface area contributed by atoms with Crippen LogP contribution in [0.3, 0.4) is 0 Å². The van der Waals surface area contributed by atoms with Crippen molar-refractivity contribution >= 4 is 5.91 Å². The minimum absolute atomic E-state index is 0.0466. The van der Waals surface area contributed by atoms with E-state index in [4.69, 9.17) is 9.47 Å². The zero-order chi connectivity index (χ0) is 24.8. The molecule has 0 heterocycles. The number of ether oxygens (including phenoxy) is 2. The third kappa shape index (κ3) is 5.55. The van der Waals surface area contributed by atoms with Crippen molar-refractivity contribution in [3.05, 3.63) is 119 Å². The summed E-state index contributed by atoms with van der Waals surface area (Å²) in [5, 5.41) is 0. The first-order valence-corrected chi connectivity index (χ1v) is 11.7. The Morgan fingerprint density at radius 3 is 1.94 bits per heavy atom. The van der Waals surface area contributed by atoms with Gasteiger partial charge in [-0.3, -0.25) is 4.79 Å². The highest BCUT2D eigenvalue weighted by atomic mass is 16.5. The second-order valence-electron chi connectivity index (χ2n) is 8.71. The average molecular weight is 466 g/mol. The van der Waals surface area contributed by atoms with Crippen molar-refractivity contribution in [2.75, 3.05) is 14.2 Å². The van der Waals surface area contributed by atoms with Crippen LogP contribution in [0.4, 0.5) is 0 Å². The average Bonchev–Trinajstić information content (AvgIpc) is 2.90. The number of carbonyl (C=O) groups is 1. The van der Waals surface area contributed by atoms with Crippen LogP contribution in [0.15, 0.2) is 91.0 Å². The molecule has 4 nitrogen and oxygen atoms in total. The lowest BCUT2D eigenvalue weighted by atomic mass is 9.98. The van der Waals surface area contributed by atoms with Crippen LogP contribution < -0.4 is 9.47 Å². The molecule has 0 saturated carbocycles. The zero-order valence-corrected chi connectivity index (χ0v) is 20.7. The molecule has 0 aliphatic rings. The van der Waals surface area contributed by atoms with Crippen molar-refractivity contribution in [1.29, 1.82) is 0 Å². The van der Waals surface area contributed by atoms with Crippen LogP contribution in [0.2, 0.25) is 0 Å². The second-order valence-corrected chi connectivity index (χ2v) is 8.71. The summed E-state index contributed by atoms with van der Waals surface area (Å²) in [5.74, 6) is 1.37. The first-order valence-electron chi connectivity index (χ1n) is 11.7. The Morgan fingerprint density at radius 2 is 1.31 bits per heavy atom. The number of rotatable bonds is 8. The summed E-state index contributed by atoms with van der Waals surface area (Å²) in [4.78, 5) is 16.0. The van der Waals surface area contributed by atoms with Gasteiger partial charge in [0.15, 0.2) is 0 Å². The van der Waals surface area contributed by atoms with E-state index >= 15 is 0 Å². The molecular weight excluding hydrogens is 434 g/mol. The Morgan fingerprint density at radius 1 is 0.714 bits per heavy atom. The number of hydrogen-bond donors (Lipinski definition) is 0. The van der Waals surface area contributed by atoms with Gasteiger partial charge >= 0.3 is 0 Å². The van der Waals surface area contributed by atoms with E-state index in [1.165, 1.54) is 5.56 Å². The maximum Gasteiger partial charge on any atom is 0.255 e. The molecule has 1 amide bonds. The van der Waals surface area contributed by atoms with Gasteiger partial charge in [0.25, 0.3) is 5.91 Å². The molecule has 0 atom stereocenters. The third-order valence-corrected chi connectivity index (χ3v) is 6.12. The van der Waals surface area contributed by atoms with Gasteiger partial charge < -0.3 is 14.4 Å². The monoisotopic (exact) mass is 465 g/mol. The molecule has 0 fully saturated rings. The van der Waals surface area contributed by atoms with E-state index in [0.717, 1.165) is 27.8 Å². The highest BCUT2D eigenvalue weighted by Crippen LogP contribution is 2.33. The van der Waals surface area contributed by atoms with Gasteiger partial charge in [0.2, 0.25) is 0 Å². The molecular formula is C31H31NO3.